The van der Waals surface area contributed by atoms with Gasteiger partial charge in [-0.3, -0.25) is 4.79 Å². The summed E-state index contributed by atoms with van der Waals surface area (Å²) in [6.45, 7) is 3.71. The van der Waals surface area contributed by atoms with Crippen LogP contribution in [0.15, 0.2) is 36.9 Å². The van der Waals surface area contributed by atoms with Crippen LogP contribution in [-0.4, -0.2) is 28.0 Å². The molecule has 3 rings (SSSR count). The molecule has 0 spiro atoms. The maximum atomic E-state index is 12.5. The standard InChI is InChI=1S/C16H20N4O.2ClH/c1-12(10-20-9-8-17-11-20)19-16(21)14-4-2-6-15-13(14)5-3-7-18-15;;/h2,4,6,8-9,11-12,18H,3,5,7,10H2,1H3,(H,19,21);2*1H. The van der Waals surface area contributed by atoms with Crippen LogP contribution in [0.1, 0.15) is 29.3 Å². The number of nitrogens with zero attached hydrogens (tertiary/aromatic N) is 2. The van der Waals surface area contributed by atoms with Crippen LogP contribution in [0, 0.1) is 0 Å². The van der Waals surface area contributed by atoms with Gasteiger partial charge in [-0.1, -0.05) is 6.07 Å². The summed E-state index contributed by atoms with van der Waals surface area (Å²) in [5.74, 6) is 0.00293. The average Bonchev–Trinajstić information content (AvgIpc) is 2.99. The molecule has 2 heterocycles. The van der Waals surface area contributed by atoms with E-state index in [-0.39, 0.29) is 36.8 Å². The first-order valence-electron chi connectivity index (χ1n) is 7.36. The molecule has 23 heavy (non-hydrogen) atoms. The van der Waals surface area contributed by atoms with E-state index < -0.39 is 0 Å². The molecule has 126 valence electrons. The third-order valence-electron chi connectivity index (χ3n) is 3.76. The molecule has 7 heteroatoms. The molecular weight excluding hydrogens is 335 g/mol. The van der Waals surface area contributed by atoms with Crippen molar-refractivity contribution < 1.29 is 4.79 Å². The molecule has 1 atom stereocenters. The number of aromatic nitrogens is 2. The number of anilines is 1. The highest BCUT2D eigenvalue weighted by Crippen LogP contribution is 2.25. The number of imidazole rings is 1. The molecule has 2 N–H and O–H groups in total. The lowest BCUT2D eigenvalue weighted by Crippen LogP contribution is -2.36. The molecule has 0 saturated carbocycles. The minimum absolute atomic E-state index is 0. The summed E-state index contributed by atoms with van der Waals surface area (Å²) in [5.41, 5.74) is 3.02. The van der Waals surface area contributed by atoms with E-state index in [0.29, 0.717) is 0 Å². The number of nitrogens with one attached hydrogen (secondary N) is 2. The number of halogens is 2. The van der Waals surface area contributed by atoms with Crippen molar-refractivity contribution in [1.29, 1.82) is 0 Å². The molecule has 0 fully saturated rings. The third-order valence-corrected chi connectivity index (χ3v) is 3.76. The van der Waals surface area contributed by atoms with E-state index in [0.717, 1.165) is 42.7 Å². The van der Waals surface area contributed by atoms with Crippen LogP contribution in [0.5, 0.6) is 0 Å². The van der Waals surface area contributed by atoms with Crippen LogP contribution in [0.2, 0.25) is 0 Å². The second-order valence-corrected chi connectivity index (χ2v) is 5.50. The number of carbonyl (C=O) groups excluding carboxylic acids is 1. The molecule has 1 aliphatic heterocycles. The molecule has 0 radical (unpaired) electrons. The van der Waals surface area contributed by atoms with Crippen LogP contribution in [0.25, 0.3) is 0 Å². The minimum atomic E-state index is 0. The zero-order valence-corrected chi connectivity index (χ0v) is 14.6. The van der Waals surface area contributed by atoms with Gasteiger partial charge in [0.05, 0.1) is 6.33 Å². The summed E-state index contributed by atoms with van der Waals surface area (Å²) in [6.07, 6.45) is 7.44. The SMILES string of the molecule is CC(Cn1ccnc1)NC(=O)c1cccc2c1CCCN2.Cl.Cl. The number of carbonyl (C=O) groups is 1. The number of hydrogen-bond donors (Lipinski definition) is 2. The number of benzene rings is 1. The van der Waals surface area contributed by atoms with E-state index in [4.69, 9.17) is 0 Å². The highest BCUT2D eigenvalue weighted by molar-refractivity contribution is 5.97. The molecule has 1 aromatic heterocycles. The van der Waals surface area contributed by atoms with Gasteiger partial charge in [0.2, 0.25) is 0 Å². The second-order valence-electron chi connectivity index (χ2n) is 5.50. The molecule has 1 amide bonds. The Bertz CT molecular complexity index is 631. The van der Waals surface area contributed by atoms with Crippen LogP contribution in [0.3, 0.4) is 0 Å². The monoisotopic (exact) mass is 356 g/mol. The van der Waals surface area contributed by atoms with E-state index in [9.17, 15) is 4.79 Å². The Morgan fingerprint density at radius 3 is 3.00 bits per heavy atom. The molecular formula is C16H22Cl2N4O. The van der Waals surface area contributed by atoms with Gasteiger partial charge in [-0.15, -0.1) is 24.8 Å². The Kier molecular flexibility index (Phi) is 7.39. The van der Waals surface area contributed by atoms with E-state index in [1.165, 1.54) is 0 Å². The summed E-state index contributed by atoms with van der Waals surface area (Å²) < 4.78 is 1.97. The highest BCUT2D eigenvalue weighted by atomic mass is 35.5. The molecule has 1 aromatic carbocycles. The lowest BCUT2D eigenvalue weighted by atomic mass is 9.97. The van der Waals surface area contributed by atoms with Crippen LogP contribution >= 0.6 is 24.8 Å². The van der Waals surface area contributed by atoms with Crippen molar-refractivity contribution in [3.05, 3.63) is 48.0 Å². The Morgan fingerprint density at radius 2 is 2.26 bits per heavy atom. The molecule has 1 unspecified atom stereocenters. The third kappa shape index (κ3) is 4.62. The molecule has 0 saturated heterocycles. The van der Waals surface area contributed by atoms with E-state index in [1.807, 2.05) is 35.9 Å². The molecule has 5 nitrogen and oxygen atoms in total. The first-order valence-corrected chi connectivity index (χ1v) is 7.36. The smallest absolute Gasteiger partial charge is 0.251 e. The summed E-state index contributed by atoms with van der Waals surface area (Å²) >= 11 is 0. The molecule has 0 aliphatic carbocycles. The van der Waals surface area contributed by atoms with Crippen molar-refractivity contribution in [2.45, 2.75) is 32.4 Å². The van der Waals surface area contributed by atoms with Crippen molar-refractivity contribution in [2.75, 3.05) is 11.9 Å². The number of amides is 1. The lowest BCUT2D eigenvalue weighted by molar-refractivity contribution is 0.0935. The van der Waals surface area contributed by atoms with E-state index >= 15 is 0 Å². The predicted octanol–water partition coefficient (Wildman–Crippen LogP) is 2.90. The Hall–Kier alpha value is -1.72. The fourth-order valence-electron chi connectivity index (χ4n) is 2.78. The fourth-order valence-corrected chi connectivity index (χ4v) is 2.78. The molecule has 2 aromatic rings. The normalized spacial score (nSPS) is 13.6. The largest absolute Gasteiger partial charge is 0.385 e. The molecule has 0 bridgehead atoms. The van der Waals surface area contributed by atoms with Gasteiger partial charge in [-0.05, 0) is 37.5 Å². The van der Waals surface area contributed by atoms with Crippen LogP contribution in [-0.2, 0) is 13.0 Å². The topological polar surface area (TPSA) is 59.0 Å². The fraction of sp³-hybridized carbons (Fsp3) is 0.375. The molecule has 1 aliphatic rings. The second kappa shape index (κ2) is 8.79. The van der Waals surface area contributed by atoms with Crippen molar-refractivity contribution in [1.82, 2.24) is 14.9 Å². The summed E-state index contributed by atoms with van der Waals surface area (Å²) in [5, 5.41) is 6.42. The summed E-state index contributed by atoms with van der Waals surface area (Å²) in [7, 11) is 0. The highest BCUT2D eigenvalue weighted by Gasteiger charge is 2.18. The van der Waals surface area contributed by atoms with Gasteiger partial charge in [0.15, 0.2) is 0 Å². The van der Waals surface area contributed by atoms with Gasteiger partial charge in [0.25, 0.3) is 5.91 Å². The maximum Gasteiger partial charge on any atom is 0.251 e. The number of fused-ring (bicyclic) bond motifs is 1. The zero-order chi connectivity index (χ0) is 14.7. The van der Waals surface area contributed by atoms with Gasteiger partial charge >= 0.3 is 0 Å². The van der Waals surface area contributed by atoms with Gasteiger partial charge in [-0.2, -0.15) is 0 Å². The quantitative estimate of drug-likeness (QED) is 0.885. The summed E-state index contributed by atoms with van der Waals surface area (Å²) in [6, 6.07) is 5.94. The predicted molar refractivity (Wildman–Crippen MR) is 96.9 cm³/mol. The van der Waals surface area contributed by atoms with Crippen LogP contribution in [0.4, 0.5) is 5.69 Å². The van der Waals surface area contributed by atoms with Crippen molar-refractivity contribution in [3.63, 3.8) is 0 Å². The summed E-state index contributed by atoms with van der Waals surface area (Å²) in [4.78, 5) is 16.5. The Labute approximate surface area is 148 Å². The van der Waals surface area contributed by atoms with E-state index in [2.05, 4.69) is 15.6 Å². The van der Waals surface area contributed by atoms with Gasteiger partial charge in [0.1, 0.15) is 0 Å². The van der Waals surface area contributed by atoms with Crippen molar-refractivity contribution in [3.8, 4) is 0 Å². The van der Waals surface area contributed by atoms with Crippen LogP contribution < -0.4 is 10.6 Å². The van der Waals surface area contributed by atoms with Gasteiger partial charge in [-0.25, -0.2) is 4.98 Å². The number of rotatable bonds is 4. The van der Waals surface area contributed by atoms with Gasteiger partial charge in [0, 0.05) is 42.8 Å². The van der Waals surface area contributed by atoms with Crippen molar-refractivity contribution >= 4 is 36.4 Å². The van der Waals surface area contributed by atoms with Gasteiger partial charge < -0.3 is 15.2 Å². The number of hydrogen-bond acceptors (Lipinski definition) is 3. The zero-order valence-electron chi connectivity index (χ0n) is 13.0. The first kappa shape index (κ1) is 19.3. The first-order chi connectivity index (χ1) is 10.2. The minimum Gasteiger partial charge on any atom is -0.385 e. The van der Waals surface area contributed by atoms with Crippen molar-refractivity contribution in [2.24, 2.45) is 0 Å². The lowest BCUT2D eigenvalue weighted by Gasteiger charge is -2.21. The van der Waals surface area contributed by atoms with E-state index in [1.54, 1.807) is 12.5 Å². The average molecular weight is 357 g/mol. The Balaban J connectivity index is 0.00000132. The Morgan fingerprint density at radius 1 is 1.43 bits per heavy atom. The maximum absolute atomic E-state index is 12.5.